The van der Waals surface area contributed by atoms with Crippen LogP contribution < -0.4 is 19.7 Å². The van der Waals surface area contributed by atoms with E-state index in [2.05, 4.69) is 10.3 Å². The molecule has 2 aliphatic heterocycles. The molecule has 0 bridgehead atoms. The summed E-state index contributed by atoms with van der Waals surface area (Å²) in [7, 11) is 0. The number of fused-ring (bicyclic) bond motifs is 1. The molecule has 0 spiro atoms. The van der Waals surface area contributed by atoms with Crippen LogP contribution in [0.3, 0.4) is 0 Å². The zero-order chi connectivity index (χ0) is 38.8. The molecule has 2 aliphatic carbocycles. The van der Waals surface area contributed by atoms with Gasteiger partial charge in [0.1, 0.15) is 24.2 Å². The van der Waals surface area contributed by atoms with Gasteiger partial charge in [0, 0.05) is 57.4 Å². The molecule has 1 atom stereocenters. The van der Waals surface area contributed by atoms with Crippen LogP contribution in [0.4, 0.5) is 14.6 Å². The van der Waals surface area contributed by atoms with E-state index < -0.39 is 41.2 Å². The normalized spacial score (nSPS) is 21.7. The summed E-state index contributed by atoms with van der Waals surface area (Å²) >= 11 is 6.11. The number of anilines is 1. The molecule has 13 nitrogen and oxygen atoms in total. The van der Waals surface area contributed by atoms with Crippen molar-refractivity contribution < 1.29 is 42.2 Å². The predicted octanol–water partition coefficient (Wildman–Crippen LogP) is 4.49. The lowest BCUT2D eigenvalue weighted by molar-refractivity contribution is -0.132. The molecule has 3 amide bonds. The maximum Gasteiger partial charge on any atom is 0.262 e. The Morgan fingerprint density at radius 3 is 2.35 bits per heavy atom. The molecule has 16 heteroatoms. The van der Waals surface area contributed by atoms with Gasteiger partial charge in [-0.25, -0.2) is 13.8 Å². The quantitative estimate of drug-likeness (QED) is 0.228. The van der Waals surface area contributed by atoms with Crippen LogP contribution in [-0.4, -0.2) is 102 Å². The summed E-state index contributed by atoms with van der Waals surface area (Å²) in [4.78, 5) is 72.0. The van der Waals surface area contributed by atoms with Crippen LogP contribution in [0.15, 0.2) is 42.6 Å². The number of amides is 3. The van der Waals surface area contributed by atoms with Crippen LogP contribution in [0, 0.1) is 23.0 Å². The van der Waals surface area contributed by atoms with E-state index in [0.717, 1.165) is 11.0 Å². The van der Waals surface area contributed by atoms with Crippen molar-refractivity contribution in [3.05, 3.63) is 81.5 Å². The number of nitrogens with zero attached hydrogens (tertiary/aromatic N) is 5. The van der Waals surface area contributed by atoms with Crippen molar-refractivity contribution in [1.29, 1.82) is 5.26 Å². The Kier molecular flexibility index (Phi) is 11.1. The summed E-state index contributed by atoms with van der Waals surface area (Å²) in [6.07, 6.45) is 3.87. The number of aromatic nitrogens is 1. The predicted molar refractivity (Wildman–Crippen MR) is 193 cm³/mol. The van der Waals surface area contributed by atoms with Crippen LogP contribution >= 0.6 is 11.6 Å². The van der Waals surface area contributed by atoms with Crippen LogP contribution in [0.2, 0.25) is 5.02 Å². The van der Waals surface area contributed by atoms with Crippen LogP contribution in [-0.2, 0) is 9.59 Å². The minimum Gasteiger partial charge on any atom is -0.490 e. The highest BCUT2D eigenvalue weighted by atomic mass is 35.5. The number of nitriles is 1. The Balaban J connectivity index is 0.853. The monoisotopic (exact) mass is 774 g/mol. The average molecular weight is 775 g/mol. The fraction of sp³-hybridized carbons (Fsp3) is 0.410. The van der Waals surface area contributed by atoms with E-state index in [-0.39, 0.29) is 72.1 Å². The molecule has 1 unspecified atom stereocenters. The molecular weight excluding hydrogens is 738 g/mol. The third kappa shape index (κ3) is 8.16. The van der Waals surface area contributed by atoms with E-state index in [4.69, 9.17) is 26.3 Å². The second kappa shape index (κ2) is 16.1. The van der Waals surface area contributed by atoms with Crippen molar-refractivity contribution in [2.45, 2.75) is 63.1 Å². The number of benzene rings is 2. The summed E-state index contributed by atoms with van der Waals surface area (Å²) in [5.74, 6) is -3.55. The van der Waals surface area contributed by atoms with Gasteiger partial charge < -0.3 is 19.7 Å². The topological polar surface area (TPSA) is 162 Å². The third-order valence-electron chi connectivity index (χ3n) is 10.5. The van der Waals surface area contributed by atoms with Crippen molar-refractivity contribution in [1.82, 2.24) is 20.1 Å². The van der Waals surface area contributed by atoms with Gasteiger partial charge in [0.05, 0.1) is 45.8 Å². The molecule has 3 heterocycles. The van der Waals surface area contributed by atoms with Gasteiger partial charge in [0.15, 0.2) is 29.0 Å². The number of ether oxygens (including phenoxy) is 2. The maximum absolute atomic E-state index is 15.3. The van der Waals surface area contributed by atoms with E-state index in [0.29, 0.717) is 74.7 Å². The second-order valence-electron chi connectivity index (χ2n) is 14.1. The largest absolute Gasteiger partial charge is 0.490 e. The molecule has 1 saturated heterocycles. The van der Waals surface area contributed by atoms with Crippen LogP contribution in [0.25, 0.3) is 0 Å². The molecule has 2 aromatic carbocycles. The first-order valence-electron chi connectivity index (χ1n) is 18.2. The molecule has 0 radical (unpaired) electrons. The zero-order valence-electron chi connectivity index (χ0n) is 29.7. The molecule has 2 saturated carbocycles. The van der Waals surface area contributed by atoms with E-state index in [1.54, 1.807) is 23.1 Å². The molecule has 7 rings (SSSR count). The standard InChI is InChI=1S/C39H37ClF2N6O7/c40-30-17-27(5-1-22(30)20-43)55-26-6-2-24(3-7-26)45-37(51)23-15-32(42)36(44-21-23)47-11-9-46(10-12-47)13-14-54-35-19-29-28(18-31(35)41)38(52)48(39(29)53)33-8-4-25(49)16-34(33)50/h1,5,15,17-19,21,24,26,33H,2-4,6-14,16H2,(H,45,51)/t24-,26-,33?. The summed E-state index contributed by atoms with van der Waals surface area (Å²) in [5.41, 5.74) is 0.294. The van der Waals surface area contributed by atoms with Gasteiger partial charge in [-0.3, -0.25) is 33.8 Å². The Bertz CT molecular complexity index is 2090. The van der Waals surface area contributed by atoms with E-state index in [1.165, 1.54) is 18.3 Å². The Morgan fingerprint density at radius 2 is 1.67 bits per heavy atom. The summed E-state index contributed by atoms with van der Waals surface area (Å²) < 4.78 is 41.9. The fourth-order valence-corrected chi connectivity index (χ4v) is 7.70. The molecule has 3 aromatic rings. The summed E-state index contributed by atoms with van der Waals surface area (Å²) in [5, 5.41) is 12.4. The summed E-state index contributed by atoms with van der Waals surface area (Å²) in [6.45, 7) is 2.43. The zero-order valence-corrected chi connectivity index (χ0v) is 30.4. The first-order valence-corrected chi connectivity index (χ1v) is 18.6. The van der Waals surface area contributed by atoms with E-state index in [9.17, 15) is 28.4 Å². The minimum atomic E-state index is -1.05. The minimum absolute atomic E-state index is 0.0488. The van der Waals surface area contributed by atoms with Crippen molar-refractivity contribution >= 4 is 46.7 Å². The van der Waals surface area contributed by atoms with Crippen molar-refractivity contribution in [3.8, 4) is 17.6 Å². The molecule has 55 heavy (non-hydrogen) atoms. The molecule has 3 fully saturated rings. The average Bonchev–Trinajstić information content (AvgIpc) is 3.40. The number of rotatable bonds is 10. The lowest BCUT2D eigenvalue weighted by Crippen LogP contribution is -2.48. The molecule has 286 valence electrons. The smallest absolute Gasteiger partial charge is 0.262 e. The number of pyridine rings is 1. The van der Waals surface area contributed by atoms with Crippen molar-refractivity contribution in [2.24, 2.45) is 0 Å². The molecule has 1 N–H and O–H groups in total. The van der Waals surface area contributed by atoms with Gasteiger partial charge in [-0.15, -0.1) is 0 Å². The SMILES string of the molecule is N#Cc1ccc(O[C@H]2CC[C@H](NC(=O)c3cnc(N4CCN(CCOc5cc6c(cc5F)C(=O)N(C5CCC(=O)CC5=O)C6=O)CC4)c(F)c3)CC2)cc1Cl. The number of ketones is 2. The number of imide groups is 1. The number of halogens is 3. The maximum atomic E-state index is 15.3. The van der Waals surface area contributed by atoms with Gasteiger partial charge >= 0.3 is 0 Å². The Morgan fingerprint density at radius 1 is 0.945 bits per heavy atom. The Hall–Kier alpha value is -5.46. The number of hydrogen-bond acceptors (Lipinski definition) is 11. The van der Waals surface area contributed by atoms with Gasteiger partial charge in [-0.1, -0.05) is 11.6 Å². The molecular formula is C39H37ClF2N6O7. The first-order chi connectivity index (χ1) is 26.5. The number of carbonyl (C=O) groups is 5. The highest BCUT2D eigenvalue weighted by molar-refractivity contribution is 6.31. The summed E-state index contributed by atoms with van der Waals surface area (Å²) in [6, 6.07) is 9.13. The van der Waals surface area contributed by atoms with Crippen LogP contribution in [0.1, 0.15) is 81.6 Å². The van der Waals surface area contributed by atoms with E-state index >= 15 is 4.39 Å². The lowest BCUT2D eigenvalue weighted by atomic mass is 9.92. The van der Waals surface area contributed by atoms with Crippen LogP contribution in [0.5, 0.6) is 11.5 Å². The van der Waals surface area contributed by atoms with Gasteiger partial charge in [0.2, 0.25) is 0 Å². The van der Waals surface area contributed by atoms with Gasteiger partial charge in [0.25, 0.3) is 17.7 Å². The lowest BCUT2D eigenvalue weighted by Gasteiger charge is -2.35. The number of hydrogen-bond donors (Lipinski definition) is 1. The first kappa shape index (κ1) is 37.8. The van der Waals surface area contributed by atoms with Gasteiger partial charge in [-0.2, -0.15) is 5.26 Å². The number of Topliss-reactive ketones (excluding diaryl/α,β-unsaturated/α-hetero) is 2. The number of piperazine rings is 1. The number of nitrogens with one attached hydrogen (secondary N) is 1. The molecule has 1 aromatic heterocycles. The Labute approximate surface area is 320 Å². The fourth-order valence-electron chi connectivity index (χ4n) is 7.49. The highest BCUT2D eigenvalue weighted by Gasteiger charge is 2.45. The number of carbonyl (C=O) groups excluding carboxylic acids is 5. The van der Waals surface area contributed by atoms with E-state index in [1.807, 2.05) is 11.0 Å². The highest BCUT2D eigenvalue weighted by Crippen LogP contribution is 2.33. The second-order valence-corrected chi connectivity index (χ2v) is 14.5. The van der Waals surface area contributed by atoms with Crippen molar-refractivity contribution in [2.75, 3.05) is 44.2 Å². The molecule has 4 aliphatic rings. The van der Waals surface area contributed by atoms with Crippen molar-refractivity contribution in [3.63, 3.8) is 0 Å². The third-order valence-corrected chi connectivity index (χ3v) is 10.8. The van der Waals surface area contributed by atoms with Gasteiger partial charge in [-0.05, 0) is 62.4 Å².